The van der Waals surface area contributed by atoms with Crippen LogP contribution in [0.2, 0.25) is 0 Å². The van der Waals surface area contributed by atoms with Gasteiger partial charge in [0.2, 0.25) is 0 Å². The van der Waals surface area contributed by atoms with Gasteiger partial charge >= 0.3 is 0 Å². The number of hydrogen-bond donors (Lipinski definition) is 1. The molecule has 2 aromatic heterocycles. The molecule has 0 spiro atoms. The molecule has 0 atom stereocenters. The van der Waals surface area contributed by atoms with E-state index in [9.17, 15) is 4.39 Å². The van der Waals surface area contributed by atoms with Crippen LogP contribution in [-0.4, -0.2) is 47.2 Å². The van der Waals surface area contributed by atoms with Crippen LogP contribution in [0.4, 0.5) is 10.2 Å². The maximum Gasteiger partial charge on any atom is 0.180 e. The number of rotatable bonds is 3. The van der Waals surface area contributed by atoms with Crippen LogP contribution in [0.15, 0.2) is 18.6 Å². The van der Waals surface area contributed by atoms with Gasteiger partial charge < -0.3 is 10.2 Å². The predicted molar refractivity (Wildman–Crippen MR) is 67.7 cm³/mol. The fraction of sp³-hybridized carbons (Fsp3) is 0.500. The van der Waals surface area contributed by atoms with Crippen LogP contribution in [0.1, 0.15) is 5.69 Å². The zero-order valence-corrected chi connectivity index (χ0v) is 10.1. The maximum absolute atomic E-state index is 12.5. The highest BCUT2D eigenvalue weighted by Gasteiger charge is 2.16. The molecular formula is C12H16FN5. The second-order valence-electron chi connectivity index (χ2n) is 4.37. The Morgan fingerprint density at radius 3 is 2.89 bits per heavy atom. The molecule has 0 aliphatic carbocycles. The molecule has 1 fully saturated rings. The number of nitrogens with zero attached hydrogens (tertiary/aromatic N) is 4. The fourth-order valence-corrected chi connectivity index (χ4v) is 2.34. The predicted octanol–water partition coefficient (Wildman–Crippen LogP) is 0.651. The number of fused-ring (bicyclic) bond motifs is 1. The monoisotopic (exact) mass is 249 g/mol. The molecule has 0 bridgehead atoms. The molecule has 0 aromatic carbocycles. The van der Waals surface area contributed by atoms with Gasteiger partial charge in [-0.15, -0.1) is 0 Å². The average molecular weight is 249 g/mol. The van der Waals surface area contributed by atoms with E-state index in [2.05, 4.69) is 20.2 Å². The summed E-state index contributed by atoms with van der Waals surface area (Å²) >= 11 is 0. The summed E-state index contributed by atoms with van der Waals surface area (Å²) < 4.78 is 14.4. The van der Waals surface area contributed by atoms with Gasteiger partial charge in [0, 0.05) is 56.9 Å². The Kier molecular flexibility index (Phi) is 3.10. The minimum atomic E-state index is -0.362. The van der Waals surface area contributed by atoms with Gasteiger partial charge in [-0.05, 0) is 0 Å². The molecule has 18 heavy (non-hydrogen) atoms. The van der Waals surface area contributed by atoms with Crippen molar-refractivity contribution in [2.24, 2.45) is 0 Å². The van der Waals surface area contributed by atoms with Crippen molar-refractivity contribution >= 4 is 11.5 Å². The lowest BCUT2D eigenvalue weighted by atomic mass is 10.3. The maximum atomic E-state index is 12.5. The zero-order valence-electron chi connectivity index (χ0n) is 10.1. The molecule has 96 valence electrons. The van der Waals surface area contributed by atoms with Crippen LogP contribution >= 0.6 is 0 Å². The van der Waals surface area contributed by atoms with Gasteiger partial charge in [-0.1, -0.05) is 0 Å². The number of nitrogens with one attached hydrogen (secondary N) is 1. The molecule has 5 nitrogen and oxygen atoms in total. The standard InChI is InChI=1S/C12H16FN5/c13-2-1-10-9-16-12-11(15-5-8-18(10)12)17-6-3-14-4-7-17/h5,8-9,14H,1-4,6-7H2. The van der Waals surface area contributed by atoms with E-state index in [0.29, 0.717) is 6.42 Å². The first-order valence-electron chi connectivity index (χ1n) is 6.23. The lowest BCUT2D eigenvalue weighted by Crippen LogP contribution is -2.44. The van der Waals surface area contributed by atoms with Gasteiger partial charge in [0.25, 0.3) is 0 Å². The number of hydrogen-bond acceptors (Lipinski definition) is 4. The smallest absolute Gasteiger partial charge is 0.180 e. The van der Waals surface area contributed by atoms with Gasteiger partial charge in [-0.3, -0.25) is 8.79 Å². The number of halogens is 1. The number of alkyl halides is 1. The van der Waals surface area contributed by atoms with Crippen LogP contribution in [0.3, 0.4) is 0 Å². The van der Waals surface area contributed by atoms with Crippen molar-refractivity contribution in [3.8, 4) is 0 Å². The highest BCUT2D eigenvalue weighted by molar-refractivity contribution is 5.64. The highest BCUT2D eigenvalue weighted by Crippen LogP contribution is 2.19. The minimum absolute atomic E-state index is 0.362. The molecule has 0 amide bonds. The van der Waals surface area contributed by atoms with Crippen molar-refractivity contribution in [3.05, 3.63) is 24.3 Å². The largest absolute Gasteiger partial charge is 0.351 e. The van der Waals surface area contributed by atoms with Crippen molar-refractivity contribution in [1.29, 1.82) is 0 Å². The summed E-state index contributed by atoms with van der Waals surface area (Å²) in [5.41, 5.74) is 1.72. The lowest BCUT2D eigenvalue weighted by molar-refractivity contribution is 0.491. The summed E-state index contributed by atoms with van der Waals surface area (Å²) in [6.45, 7) is 3.41. The Bertz CT molecular complexity index is 532. The Balaban J connectivity index is 2.01. The summed E-state index contributed by atoms with van der Waals surface area (Å²) in [6.07, 6.45) is 5.74. The molecule has 0 saturated carbocycles. The van der Waals surface area contributed by atoms with E-state index in [1.165, 1.54) is 0 Å². The molecule has 1 aliphatic heterocycles. The van der Waals surface area contributed by atoms with Crippen molar-refractivity contribution < 1.29 is 4.39 Å². The van der Waals surface area contributed by atoms with Gasteiger partial charge in [0.15, 0.2) is 11.5 Å². The van der Waals surface area contributed by atoms with E-state index in [1.807, 2.05) is 10.6 Å². The van der Waals surface area contributed by atoms with Gasteiger partial charge in [-0.2, -0.15) is 0 Å². The van der Waals surface area contributed by atoms with Gasteiger partial charge in [-0.25, -0.2) is 9.97 Å². The third-order valence-electron chi connectivity index (χ3n) is 3.25. The molecule has 1 N–H and O–H groups in total. The minimum Gasteiger partial charge on any atom is -0.351 e. The Morgan fingerprint density at radius 1 is 1.28 bits per heavy atom. The second kappa shape index (κ2) is 4.89. The first-order valence-corrected chi connectivity index (χ1v) is 6.23. The average Bonchev–Trinajstić information content (AvgIpc) is 2.84. The number of aromatic nitrogens is 3. The molecule has 1 aliphatic rings. The van der Waals surface area contributed by atoms with E-state index in [0.717, 1.165) is 43.3 Å². The molecule has 6 heteroatoms. The van der Waals surface area contributed by atoms with Crippen molar-refractivity contribution in [3.63, 3.8) is 0 Å². The lowest BCUT2D eigenvalue weighted by Gasteiger charge is -2.28. The van der Waals surface area contributed by atoms with E-state index in [-0.39, 0.29) is 6.67 Å². The molecule has 0 radical (unpaired) electrons. The number of aryl methyl sites for hydroxylation is 1. The van der Waals surface area contributed by atoms with Crippen LogP contribution in [0.25, 0.3) is 5.65 Å². The summed E-state index contributed by atoms with van der Waals surface area (Å²) in [7, 11) is 0. The van der Waals surface area contributed by atoms with Crippen molar-refractivity contribution in [2.75, 3.05) is 37.8 Å². The first kappa shape index (κ1) is 11.4. The van der Waals surface area contributed by atoms with Gasteiger partial charge in [0.1, 0.15) is 0 Å². The summed E-state index contributed by atoms with van der Waals surface area (Å²) in [5, 5.41) is 3.31. The normalized spacial score (nSPS) is 16.4. The Labute approximate surface area is 105 Å². The van der Waals surface area contributed by atoms with Crippen LogP contribution < -0.4 is 10.2 Å². The van der Waals surface area contributed by atoms with Crippen LogP contribution in [-0.2, 0) is 6.42 Å². The molecule has 2 aromatic rings. The van der Waals surface area contributed by atoms with E-state index < -0.39 is 0 Å². The number of imidazole rings is 1. The molecule has 1 saturated heterocycles. The molecule has 3 heterocycles. The number of piperazine rings is 1. The SMILES string of the molecule is FCCc1cnc2c(N3CCNCC3)nccn12. The fourth-order valence-electron chi connectivity index (χ4n) is 2.34. The zero-order chi connectivity index (χ0) is 12.4. The first-order chi connectivity index (χ1) is 8.90. The number of anilines is 1. The topological polar surface area (TPSA) is 45.5 Å². The molecule has 3 rings (SSSR count). The third kappa shape index (κ3) is 1.92. The van der Waals surface area contributed by atoms with Gasteiger partial charge in [0.05, 0.1) is 6.67 Å². The third-order valence-corrected chi connectivity index (χ3v) is 3.25. The Hall–Kier alpha value is -1.69. The summed E-state index contributed by atoms with van der Waals surface area (Å²) in [4.78, 5) is 11.0. The molecular weight excluding hydrogens is 233 g/mol. The van der Waals surface area contributed by atoms with E-state index in [1.54, 1.807) is 12.4 Å². The van der Waals surface area contributed by atoms with Crippen molar-refractivity contribution in [2.45, 2.75) is 6.42 Å². The van der Waals surface area contributed by atoms with Crippen LogP contribution in [0, 0.1) is 0 Å². The van der Waals surface area contributed by atoms with E-state index >= 15 is 0 Å². The summed E-state index contributed by atoms with van der Waals surface area (Å²) in [6, 6.07) is 0. The second-order valence-corrected chi connectivity index (χ2v) is 4.37. The van der Waals surface area contributed by atoms with E-state index in [4.69, 9.17) is 0 Å². The summed E-state index contributed by atoms with van der Waals surface area (Å²) in [5.74, 6) is 0.893. The van der Waals surface area contributed by atoms with Crippen molar-refractivity contribution in [1.82, 2.24) is 19.7 Å². The quantitative estimate of drug-likeness (QED) is 0.867. The van der Waals surface area contributed by atoms with Crippen LogP contribution in [0.5, 0.6) is 0 Å². The highest BCUT2D eigenvalue weighted by atomic mass is 19.1. The Morgan fingerprint density at radius 2 is 2.11 bits per heavy atom. The molecule has 0 unspecified atom stereocenters.